The minimum atomic E-state index is -3.81. The van der Waals surface area contributed by atoms with E-state index in [0.29, 0.717) is 6.42 Å². The summed E-state index contributed by atoms with van der Waals surface area (Å²) in [6, 6.07) is 3.64. The zero-order chi connectivity index (χ0) is 18.9. The number of carbonyl (C=O) groups excluding carboxylic acids is 1. The first kappa shape index (κ1) is 21.4. The minimum absolute atomic E-state index is 0.0873. The summed E-state index contributed by atoms with van der Waals surface area (Å²) in [5, 5.41) is 11.2. The molecule has 8 nitrogen and oxygen atoms in total. The zero-order valence-corrected chi connectivity index (χ0v) is 15.8. The average molecular weight is 390 g/mol. The first-order chi connectivity index (χ1) is 11.8. The lowest BCUT2D eigenvalue weighted by atomic mass is 10.3. The molecule has 0 spiro atoms. The molecule has 0 unspecified atom stereocenters. The van der Waals surface area contributed by atoms with Crippen LogP contribution in [0.4, 0.5) is 5.69 Å². The Morgan fingerprint density at radius 1 is 1.32 bits per heavy atom. The fourth-order valence-electron chi connectivity index (χ4n) is 1.93. The number of nitrogens with zero attached hydrogens (tertiary/aromatic N) is 1. The highest BCUT2D eigenvalue weighted by Gasteiger charge is 2.22. The minimum Gasteiger partial charge on any atom is -0.465 e. The van der Waals surface area contributed by atoms with Crippen LogP contribution in [0, 0.1) is 10.1 Å². The zero-order valence-electron chi connectivity index (χ0n) is 14.2. The Kier molecular flexibility index (Phi) is 8.87. The van der Waals surface area contributed by atoms with Crippen LogP contribution >= 0.6 is 11.8 Å². The quantitative estimate of drug-likeness (QED) is 0.203. The molecule has 0 fully saturated rings. The molecule has 0 bridgehead atoms. The Balaban J connectivity index is 2.92. The molecule has 1 aromatic rings. The van der Waals surface area contributed by atoms with Crippen molar-refractivity contribution in [2.45, 2.75) is 42.9 Å². The standard InChI is InChI=1S/C15H22N2O6S2/c1-3-5-6-9-16-25(21,22)12-7-8-14(13(10-12)17(19)20)24-11-15(18)23-4-2/h7-8,10,16H,3-6,9,11H2,1-2H3. The lowest BCUT2D eigenvalue weighted by molar-refractivity contribution is -0.388. The Hall–Kier alpha value is -1.65. The van der Waals surface area contributed by atoms with Gasteiger partial charge in [-0.2, -0.15) is 0 Å². The van der Waals surface area contributed by atoms with Gasteiger partial charge in [-0.1, -0.05) is 19.8 Å². The van der Waals surface area contributed by atoms with Gasteiger partial charge in [0.2, 0.25) is 10.0 Å². The van der Waals surface area contributed by atoms with Crippen LogP contribution in [0.2, 0.25) is 0 Å². The molecule has 0 heterocycles. The number of sulfonamides is 1. The fraction of sp³-hybridized carbons (Fsp3) is 0.533. The van der Waals surface area contributed by atoms with Gasteiger partial charge in [0, 0.05) is 12.6 Å². The van der Waals surface area contributed by atoms with Crippen LogP contribution in [-0.4, -0.2) is 38.2 Å². The summed E-state index contributed by atoms with van der Waals surface area (Å²) >= 11 is 0.936. The number of hydrogen-bond donors (Lipinski definition) is 1. The first-order valence-electron chi connectivity index (χ1n) is 7.88. The van der Waals surface area contributed by atoms with Gasteiger partial charge in [-0.15, -0.1) is 11.8 Å². The van der Waals surface area contributed by atoms with Gasteiger partial charge in [0.15, 0.2) is 0 Å². The molecular formula is C15H22N2O6S2. The topological polar surface area (TPSA) is 116 Å². The van der Waals surface area contributed by atoms with E-state index < -0.39 is 20.9 Å². The predicted octanol–water partition coefficient (Wildman–Crippen LogP) is 2.72. The number of rotatable bonds is 11. The van der Waals surface area contributed by atoms with Crippen molar-refractivity contribution in [1.82, 2.24) is 4.72 Å². The number of benzene rings is 1. The molecular weight excluding hydrogens is 368 g/mol. The molecule has 0 aliphatic heterocycles. The molecule has 0 atom stereocenters. The third-order valence-corrected chi connectivity index (χ3v) is 5.66. The second-order valence-corrected chi connectivity index (χ2v) is 7.87. The molecule has 0 radical (unpaired) electrons. The van der Waals surface area contributed by atoms with Crippen LogP contribution < -0.4 is 4.72 Å². The number of unbranched alkanes of at least 4 members (excludes halogenated alkanes) is 2. The number of esters is 1. The van der Waals surface area contributed by atoms with Gasteiger partial charge in [-0.25, -0.2) is 13.1 Å². The van der Waals surface area contributed by atoms with Crippen LogP contribution in [-0.2, 0) is 19.6 Å². The monoisotopic (exact) mass is 390 g/mol. The summed E-state index contributed by atoms with van der Waals surface area (Å²) < 4.78 is 31.6. The number of nitro groups is 1. The van der Waals surface area contributed by atoms with E-state index in [1.807, 2.05) is 6.92 Å². The largest absolute Gasteiger partial charge is 0.465 e. The summed E-state index contributed by atoms with van der Waals surface area (Å²) in [4.78, 5) is 22.0. The van der Waals surface area contributed by atoms with E-state index in [9.17, 15) is 23.3 Å². The maximum absolute atomic E-state index is 12.2. The van der Waals surface area contributed by atoms with Crippen molar-refractivity contribution in [2.75, 3.05) is 18.9 Å². The van der Waals surface area contributed by atoms with Crippen molar-refractivity contribution in [1.29, 1.82) is 0 Å². The summed E-state index contributed by atoms with van der Waals surface area (Å²) in [6.07, 6.45) is 2.55. The number of thioether (sulfide) groups is 1. The molecule has 1 aromatic carbocycles. The van der Waals surface area contributed by atoms with Gasteiger partial charge in [0.05, 0.1) is 27.1 Å². The molecule has 140 valence electrons. The number of hydrogen-bond acceptors (Lipinski definition) is 7. The van der Waals surface area contributed by atoms with Crippen molar-refractivity contribution in [3.05, 3.63) is 28.3 Å². The number of nitrogens with one attached hydrogen (secondary N) is 1. The lowest BCUT2D eigenvalue weighted by Gasteiger charge is -2.08. The summed E-state index contributed by atoms with van der Waals surface area (Å²) in [5.41, 5.74) is -0.356. The van der Waals surface area contributed by atoms with Gasteiger partial charge < -0.3 is 4.74 Å². The molecule has 10 heteroatoms. The molecule has 0 amide bonds. The molecule has 1 rings (SSSR count). The third kappa shape index (κ3) is 7.00. The highest BCUT2D eigenvalue weighted by atomic mass is 32.2. The molecule has 0 aliphatic carbocycles. The fourth-order valence-corrected chi connectivity index (χ4v) is 3.83. The van der Waals surface area contributed by atoms with Gasteiger partial charge in [0.25, 0.3) is 5.69 Å². The van der Waals surface area contributed by atoms with Gasteiger partial charge in [0.1, 0.15) is 0 Å². The van der Waals surface area contributed by atoms with Crippen molar-refractivity contribution in [3.63, 3.8) is 0 Å². The molecule has 1 N–H and O–H groups in total. The van der Waals surface area contributed by atoms with Crippen LogP contribution in [0.15, 0.2) is 28.0 Å². The lowest BCUT2D eigenvalue weighted by Crippen LogP contribution is -2.24. The SMILES string of the molecule is CCCCCNS(=O)(=O)c1ccc(SCC(=O)OCC)c([N+](=O)[O-])c1. The molecule has 0 aliphatic rings. The normalized spacial score (nSPS) is 11.3. The predicted molar refractivity (Wildman–Crippen MR) is 95.2 cm³/mol. The van der Waals surface area contributed by atoms with Crippen molar-refractivity contribution >= 4 is 33.4 Å². The Labute approximate surface area is 151 Å². The molecule has 0 saturated heterocycles. The smallest absolute Gasteiger partial charge is 0.316 e. The Morgan fingerprint density at radius 3 is 2.64 bits per heavy atom. The maximum atomic E-state index is 12.2. The van der Waals surface area contributed by atoms with E-state index in [4.69, 9.17) is 4.74 Å². The molecule has 25 heavy (non-hydrogen) atoms. The Morgan fingerprint density at radius 2 is 2.04 bits per heavy atom. The van der Waals surface area contributed by atoms with Gasteiger partial charge >= 0.3 is 5.97 Å². The van der Waals surface area contributed by atoms with E-state index in [2.05, 4.69) is 4.72 Å². The molecule has 0 aromatic heterocycles. The van der Waals surface area contributed by atoms with Gasteiger partial charge in [-0.05, 0) is 25.5 Å². The average Bonchev–Trinajstić information content (AvgIpc) is 2.57. The number of carbonyl (C=O) groups is 1. The van der Waals surface area contributed by atoms with Crippen LogP contribution in [0.5, 0.6) is 0 Å². The highest BCUT2D eigenvalue weighted by Crippen LogP contribution is 2.31. The van der Waals surface area contributed by atoms with Gasteiger partial charge in [-0.3, -0.25) is 14.9 Å². The first-order valence-corrected chi connectivity index (χ1v) is 10.3. The van der Waals surface area contributed by atoms with E-state index in [0.717, 1.165) is 30.7 Å². The second-order valence-electron chi connectivity index (χ2n) is 5.09. The maximum Gasteiger partial charge on any atom is 0.316 e. The molecule has 0 saturated carbocycles. The van der Waals surface area contributed by atoms with Crippen LogP contribution in [0.3, 0.4) is 0 Å². The van der Waals surface area contributed by atoms with E-state index in [1.165, 1.54) is 12.1 Å². The van der Waals surface area contributed by atoms with Crippen molar-refractivity contribution < 1.29 is 22.9 Å². The highest BCUT2D eigenvalue weighted by molar-refractivity contribution is 8.00. The van der Waals surface area contributed by atoms with E-state index in [-0.39, 0.29) is 34.4 Å². The van der Waals surface area contributed by atoms with Crippen LogP contribution in [0.1, 0.15) is 33.1 Å². The summed E-state index contributed by atoms with van der Waals surface area (Å²) in [7, 11) is -3.81. The second kappa shape index (κ2) is 10.4. The third-order valence-electron chi connectivity index (χ3n) is 3.16. The number of nitro benzene ring substituents is 1. The summed E-state index contributed by atoms with van der Waals surface area (Å²) in [6.45, 7) is 4.18. The van der Waals surface area contributed by atoms with Crippen LogP contribution in [0.25, 0.3) is 0 Å². The van der Waals surface area contributed by atoms with E-state index in [1.54, 1.807) is 6.92 Å². The summed E-state index contributed by atoms with van der Waals surface area (Å²) in [5.74, 6) is -0.577. The van der Waals surface area contributed by atoms with Crippen molar-refractivity contribution in [2.24, 2.45) is 0 Å². The Bertz CT molecular complexity index is 706. The van der Waals surface area contributed by atoms with Crippen molar-refractivity contribution in [3.8, 4) is 0 Å². The van der Waals surface area contributed by atoms with E-state index >= 15 is 0 Å². The number of ether oxygens (including phenoxy) is 1.